The molecule has 10 heteroatoms. The summed E-state index contributed by atoms with van der Waals surface area (Å²) in [4.78, 5) is 0. The van der Waals surface area contributed by atoms with Crippen LogP contribution in [0, 0.1) is 11.6 Å². The van der Waals surface area contributed by atoms with Crippen molar-refractivity contribution >= 4 is 23.2 Å². The first-order chi connectivity index (χ1) is 16.8. The van der Waals surface area contributed by atoms with Crippen molar-refractivity contribution in [2.75, 3.05) is 0 Å². The summed E-state index contributed by atoms with van der Waals surface area (Å²) < 4.78 is 111. The van der Waals surface area contributed by atoms with E-state index in [0.717, 1.165) is 18.2 Å². The number of hydrogen-bond donors (Lipinski definition) is 0. The predicted octanol–water partition coefficient (Wildman–Crippen LogP) is 10.3. The van der Waals surface area contributed by atoms with Crippen LogP contribution in [-0.2, 0) is 12.4 Å². The van der Waals surface area contributed by atoms with Crippen LogP contribution in [0.25, 0.3) is 33.4 Å². The van der Waals surface area contributed by atoms with Crippen LogP contribution in [-0.4, -0.2) is 0 Å². The molecule has 0 spiro atoms. The average molecular weight is 547 g/mol. The van der Waals surface area contributed by atoms with Gasteiger partial charge in [0.05, 0.1) is 16.1 Å². The molecule has 0 unspecified atom stereocenters. The summed E-state index contributed by atoms with van der Waals surface area (Å²) in [5, 5.41) is -0.138. The molecule has 4 rings (SSSR count). The lowest BCUT2D eigenvalue weighted by molar-refractivity contribution is -0.143. The van der Waals surface area contributed by atoms with Crippen LogP contribution in [0.15, 0.2) is 72.8 Å². The molecule has 0 radical (unpaired) electrons. The van der Waals surface area contributed by atoms with Gasteiger partial charge >= 0.3 is 12.4 Å². The highest BCUT2D eigenvalue weighted by Crippen LogP contribution is 2.44. The molecule has 0 aromatic heterocycles. The second-order valence-electron chi connectivity index (χ2n) is 7.78. The molecular weight excluding hydrogens is 535 g/mol. The maximum absolute atomic E-state index is 16.0. The van der Waals surface area contributed by atoms with Crippen LogP contribution in [0.5, 0.6) is 0 Å². The van der Waals surface area contributed by atoms with Gasteiger partial charge < -0.3 is 0 Å². The second kappa shape index (κ2) is 9.41. The van der Waals surface area contributed by atoms with E-state index in [2.05, 4.69) is 0 Å². The summed E-state index contributed by atoms with van der Waals surface area (Å²) in [7, 11) is 0. The Balaban J connectivity index is 2.07. The van der Waals surface area contributed by atoms with Gasteiger partial charge in [-0.3, -0.25) is 0 Å². The number of hydrogen-bond acceptors (Lipinski definition) is 0. The third kappa shape index (κ3) is 5.20. The van der Waals surface area contributed by atoms with E-state index in [1.165, 1.54) is 24.3 Å². The van der Waals surface area contributed by atoms with Crippen molar-refractivity contribution in [1.29, 1.82) is 0 Å². The Morgan fingerprint density at radius 2 is 1.17 bits per heavy atom. The summed E-state index contributed by atoms with van der Waals surface area (Å²) >= 11 is 11.8. The molecule has 0 N–H and O–H groups in total. The molecule has 0 atom stereocenters. The summed E-state index contributed by atoms with van der Waals surface area (Å²) in [6, 6.07) is 12.5. The zero-order chi connectivity index (χ0) is 26.4. The van der Waals surface area contributed by atoms with E-state index in [-0.39, 0.29) is 33.3 Å². The lowest BCUT2D eigenvalue weighted by Crippen LogP contribution is -2.11. The van der Waals surface area contributed by atoms with Crippen LogP contribution in [0.2, 0.25) is 10.0 Å². The molecule has 186 valence electrons. The first kappa shape index (κ1) is 26.0. The van der Waals surface area contributed by atoms with Crippen molar-refractivity contribution in [3.63, 3.8) is 0 Å². The van der Waals surface area contributed by atoms with E-state index in [0.29, 0.717) is 17.7 Å². The van der Waals surface area contributed by atoms with Crippen molar-refractivity contribution in [2.45, 2.75) is 12.4 Å². The molecule has 0 amide bonds. The fourth-order valence-corrected chi connectivity index (χ4v) is 4.11. The maximum Gasteiger partial charge on any atom is 0.416 e. The van der Waals surface area contributed by atoms with Crippen molar-refractivity contribution in [2.24, 2.45) is 0 Å². The van der Waals surface area contributed by atoms with E-state index in [1.54, 1.807) is 12.1 Å². The number of rotatable bonds is 3. The van der Waals surface area contributed by atoms with E-state index in [9.17, 15) is 30.7 Å². The number of halogens is 10. The third-order valence-corrected chi connectivity index (χ3v) is 5.91. The number of alkyl halides is 6. The van der Waals surface area contributed by atoms with Crippen molar-refractivity contribution in [1.82, 2.24) is 0 Å². The molecule has 0 aliphatic rings. The van der Waals surface area contributed by atoms with Crippen molar-refractivity contribution in [3.8, 4) is 33.4 Å². The lowest BCUT2D eigenvalue weighted by Gasteiger charge is -2.18. The normalized spacial score (nSPS) is 12.2. The summed E-state index contributed by atoms with van der Waals surface area (Å²) in [5.74, 6) is -1.81. The van der Waals surface area contributed by atoms with Crippen LogP contribution >= 0.6 is 23.2 Å². The summed E-state index contributed by atoms with van der Waals surface area (Å²) in [6.45, 7) is 0. The zero-order valence-corrected chi connectivity index (χ0v) is 19.2. The molecule has 4 aromatic rings. The molecule has 0 saturated carbocycles. The Hall–Kier alpha value is -3.10. The Morgan fingerprint density at radius 3 is 1.72 bits per heavy atom. The molecule has 4 aromatic carbocycles. The Kier molecular flexibility index (Phi) is 6.79. The highest BCUT2D eigenvalue weighted by atomic mass is 35.5. The van der Waals surface area contributed by atoms with Gasteiger partial charge in [0.25, 0.3) is 0 Å². The van der Waals surface area contributed by atoms with Gasteiger partial charge in [-0.25, -0.2) is 8.78 Å². The molecule has 0 nitrogen and oxygen atoms in total. The zero-order valence-electron chi connectivity index (χ0n) is 17.7. The fourth-order valence-electron chi connectivity index (χ4n) is 3.74. The standard InChI is InChI=1S/C26H12Cl2F8/c27-18-3-1-2-13(10-18)20-6-5-19(23(24(20)30)14-4-7-22(29)21(28)11-14)15-8-16(25(31,32)33)12-17(9-15)26(34,35)36/h1-12H. The Labute approximate surface area is 209 Å². The molecule has 0 bridgehead atoms. The molecule has 0 aliphatic carbocycles. The van der Waals surface area contributed by atoms with Crippen LogP contribution < -0.4 is 0 Å². The first-order valence-corrected chi connectivity index (χ1v) is 10.8. The summed E-state index contributed by atoms with van der Waals surface area (Å²) in [5.41, 5.74) is -4.07. The van der Waals surface area contributed by atoms with Gasteiger partial charge in [0.1, 0.15) is 11.6 Å². The SMILES string of the molecule is Fc1ccc(-c2c(-c3cc(C(F)(F)F)cc(C(F)(F)F)c3)ccc(-c3cccc(Cl)c3)c2F)cc1Cl. The molecule has 0 heterocycles. The monoisotopic (exact) mass is 546 g/mol. The molecule has 36 heavy (non-hydrogen) atoms. The van der Waals surface area contributed by atoms with Gasteiger partial charge in [-0.1, -0.05) is 53.5 Å². The van der Waals surface area contributed by atoms with E-state index < -0.39 is 45.7 Å². The quantitative estimate of drug-likeness (QED) is 0.224. The molecule has 0 fully saturated rings. The third-order valence-electron chi connectivity index (χ3n) is 5.38. The van der Waals surface area contributed by atoms with Crippen LogP contribution in [0.3, 0.4) is 0 Å². The topological polar surface area (TPSA) is 0 Å². The van der Waals surface area contributed by atoms with Gasteiger partial charge in [-0.2, -0.15) is 26.3 Å². The van der Waals surface area contributed by atoms with Crippen LogP contribution in [0.4, 0.5) is 35.1 Å². The molecule has 0 saturated heterocycles. The average Bonchev–Trinajstić information content (AvgIpc) is 2.79. The Morgan fingerprint density at radius 1 is 0.556 bits per heavy atom. The summed E-state index contributed by atoms with van der Waals surface area (Å²) in [6.07, 6.45) is -10.2. The van der Waals surface area contributed by atoms with Gasteiger partial charge in [0.15, 0.2) is 0 Å². The highest BCUT2D eigenvalue weighted by molar-refractivity contribution is 6.31. The van der Waals surface area contributed by atoms with E-state index >= 15 is 4.39 Å². The van der Waals surface area contributed by atoms with Gasteiger partial charge in [-0.05, 0) is 64.7 Å². The van der Waals surface area contributed by atoms with Crippen molar-refractivity contribution in [3.05, 3.63) is 106 Å². The maximum atomic E-state index is 16.0. The number of benzene rings is 4. The van der Waals surface area contributed by atoms with Gasteiger partial charge in [0, 0.05) is 16.1 Å². The van der Waals surface area contributed by atoms with Gasteiger partial charge in [0.2, 0.25) is 0 Å². The smallest absolute Gasteiger partial charge is 0.206 e. The largest absolute Gasteiger partial charge is 0.416 e. The minimum atomic E-state index is -5.10. The lowest BCUT2D eigenvalue weighted by atomic mass is 9.89. The predicted molar refractivity (Wildman–Crippen MR) is 123 cm³/mol. The molecule has 0 aliphatic heterocycles. The molecular formula is C26H12Cl2F8. The van der Waals surface area contributed by atoms with Crippen LogP contribution in [0.1, 0.15) is 11.1 Å². The van der Waals surface area contributed by atoms with Crippen molar-refractivity contribution < 1.29 is 35.1 Å². The van der Waals surface area contributed by atoms with E-state index in [4.69, 9.17) is 23.2 Å². The second-order valence-corrected chi connectivity index (χ2v) is 8.63. The minimum Gasteiger partial charge on any atom is -0.206 e. The Bertz CT molecular complexity index is 1420. The van der Waals surface area contributed by atoms with E-state index in [1.807, 2.05) is 0 Å². The van der Waals surface area contributed by atoms with Gasteiger partial charge in [-0.15, -0.1) is 0 Å². The fraction of sp³-hybridized carbons (Fsp3) is 0.0769. The first-order valence-electron chi connectivity index (χ1n) is 10.1. The highest BCUT2D eigenvalue weighted by Gasteiger charge is 2.37. The minimum absolute atomic E-state index is 0.0192.